The van der Waals surface area contributed by atoms with Gasteiger partial charge in [-0.25, -0.2) is 0 Å². The molecule has 0 saturated heterocycles. The van der Waals surface area contributed by atoms with E-state index >= 15 is 0 Å². The molecule has 12 rings (SSSR count). The minimum absolute atomic E-state index is 0.0694. The number of para-hydroxylation sites is 2. The van der Waals surface area contributed by atoms with Gasteiger partial charge in [0.2, 0.25) is 0 Å². The van der Waals surface area contributed by atoms with Crippen molar-refractivity contribution in [2.24, 2.45) is 0 Å². The summed E-state index contributed by atoms with van der Waals surface area (Å²) in [6.07, 6.45) is 0. The first-order valence-corrected chi connectivity index (χ1v) is 21.0. The Balaban J connectivity index is 1.22. The number of aromatic nitrogens is 1. The molecule has 2 aliphatic heterocycles. The largest absolute Gasteiger partial charge is 0.458 e. The van der Waals surface area contributed by atoms with Gasteiger partial charge in [0.25, 0.3) is 6.71 Å². The van der Waals surface area contributed by atoms with Crippen LogP contribution in [0.25, 0.3) is 83.1 Å². The van der Waals surface area contributed by atoms with E-state index in [9.17, 15) is 0 Å². The van der Waals surface area contributed by atoms with Gasteiger partial charge in [0.1, 0.15) is 11.5 Å². The predicted molar refractivity (Wildman–Crippen MR) is 253 cm³/mol. The van der Waals surface area contributed by atoms with Crippen molar-refractivity contribution < 1.29 is 4.74 Å². The van der Waals surface area contributed by atoms with E-state index < -0.39 is 0 Å². The maximum Gasteiger partial charge on any atom is 0.256 e. The summed E-state index contributed by atoms with van der Waals surface area (Å²) in [5.41, 5.74) is 23.0. The zero-order chi connectivity index (χ0) is 40.1. The van der Waals surface area contributed by atoms with Gasteiger partial charge in [0.15, 0.2) is 0 Å². The van der Waals surface area contributed by atoms with Gasteiger partial charge in [-0.05, 0) is 123 Å². The predicted octanol–water partition coefficient (Wildman–Crippen LogP) is 13.0. The number of hydrogen-bond donors (Lipinski definition) is 0. The van der Waals surface area contributed by atoms with E-state index in [1.807, 2.05) is 0 Å². The smallest absolute Gasteiger partial charge is 0.256 e. The first kappa shape index (κ1) is 34.7. The first-order chi connectivity index (χ1) is 29.5. The fourth-order valence-corrected chi connectivity index (χ4v) is 10.6. The van der Waals surface area contributed by atoms with Crippen molar-refractivity contribution in [3.05, 3.63) is 205 Å². The molecule has 9 aromatic carbocycles. The second kappa shape index (κ2) is 13.3. The standard InChI is InChI=1S/C57H40BNO/c1-35-29-36(2)54(37(3)30-35)41-33-52-55-53(34-41)60-57-48(45-24-13-12-22-43(45)39-19-8-5-9-20-39)31-40(44-23-11-10-21-42(44)38-17-6-4-7-18-38)32-50(57)58(55)49-27-16-26-47-46-25-14-15-28-51(46)59(52)56(47)49/h4-34H,1-3H3. The average molecular weight is 766 g/mol. The molecule has 0 bridgehead atoms. The van der Waals surface area contributed by atoms with Crippen LogP contribution in [0.5, 0.6) is 11.5 Å². The quantitative estimate of drug-likeness (QED) is 0.159. The third-order valence-electron chi connectivity index (χ3n) is 12.9. The molecule has 0 unspecified atom stereocenters. The Bertz CT molecular complexity index is 3360. The molecule has 282 valence electrons. The second-order valence-electron chi connectivity index (χ2n) is 16.6. The van der Waals surface area contributed by atoms with E-state index in [1.54, 1.807) is 0 Å². The highest BCUT2D eigenvalue weighted by Gasteiger charge is 2.42. The Morgan fingerprint density at radius 3 is 1.72 bits per heavy atom. The molecular formula is C57H40BNO. The first-order valence-electron chi connectivity index (χ1n) is 21.0. The lowest BCUT2D eigenvalue weighted by molar-refractivity contribution is 0.489. The van der Waals surface area contributed by atoms with E-state index in [4.69, 9.17) is 4.74 Å². The third-order valence-corrected chi connectivity index (χ3v) is 12.9. The molecule has 0 atom stereocenters. The number of aryl methyl sites for hydroxylation is 3. The maximum absolute atomic E-state index is 7.56. The van der Waals surface area contributed by atoms with Crippen LogP contribution in [0.3, 0.4) is 0 Å². The van der Waals surface area contributed by atoms with E-state index in [1.165, 1.54) is 105 Å². The minimum atomic E-state index is -0.0694. The summed E-state index contributed by atoms with van der Waals surface area (Å²) in [6, 6.07) is 69.2. The normalized spacial score (nSPS) is 12.3. The number of hydrogen-bond acceptors (Lipinski definition) is 1. The number of benzene rings is 9. The lowest BCUT2D eigenvalue weighted by atomic mass is 9.34. The monoisotopic (exact) mass is 765 g/mol. The van der Waals surface area contributed by atoms with Gasteiger partial charge in [-0.1, -0.05) is 169 Å². The zero-order valence-electron chi connectivity index (χ0n) is 33.8. The van der Waals surface area contributed by atoms with Crippen molar-refractivity contribution >= 4 is 44.9 Å². The number of fused-ring (bicyclic) bond motifs is 7. The molecule has 0 spiro atoms. The number of ether oxygens (including phenoxy) is 1. The van der Waals surface area contributed by atoms with Crippen LogP contribution in [0.4, 0.5) is 0 Å². The molecule has 0 amide bonds. The molecule has 3 heteroatoms. The molecule has 1 aromatic heterocycles. The van der Waals surface area contributed by atoms with E-state index in [0.717, 1.165) is 22.6 Å². The number of rotatable bonds is 5. The summed E-state index contributed by atoms with van der Waals surface area (Å²) in [5, 5.41) is 2.54. The SMILES string of the molecule is Cc1cc(C)c(-c2cc3c4c(c2)-n2c5ccccc5c5cccc(c52)B4c2cc(-c4ccccc4-c4ccccc4)cc(-c4ccccc4-c4ccccc4)c2O3)c(C)c1. The van der Waals surface area contributed by atoms with Gasteiger partial charge in [0.05, 0.1) is 5.52 Å². The Hall–Kier alpha value is -7.36. The van der Waals surface area contributed by atoms with Crippen molar-refractivity contribution in [1.29, 1.82) is 0 Å². The topological polar surface area (TPSA) is 14.2 Å². The fraction of sp³-hybridized carbons (Fsp3) is 0.0526. The number of nitrogens with zero attached hydrogens (tertiary/aromatic N) is 1. The summed E-state index contributed by atoms with van der Waals surface area (Å²) >= 11 is 0. The average Bonchev–Trinajstić information content (AvgIpc) is 3.63. The van der Waals surface area contributed by atoms with Crippen LogP contribution in [0.15, 0.2) is 188 Å². The summed E-state index contributed by atoms with van der Waals surface area (Å²) in [7, 11) is 0. The lowest BCUT2D eigenvalue weighted by Gasteiger charge is -2.35. The fourth-order valence-electron chi connectivity index (χ4n) is 10.6. The third kappa shape index (κ3) is 5.15. The highest BCUT2D eigenvalue weighted by atomic mass is 16.5. The summed E-state index contributed by atoms with van der Waals surface area (Å²) < 4.78 is 10.1. The Morgan fingerprint density at radius 2 is 1.02 bits per heavy atom. The molecule has 0 radical (unpaired) electrons. The second-order valence-corrected chi connectivity index (χ2v) is 16.6. The van der Waals surface area contributed by atoms with E-state index in [0.29, 0.717) is 0 Å². The van der Waals surface area contributed by atoms with Crippen LogP contribution in [0.2, 0.25) is 0 Å². The van der Waals surface area contributed by atoms with Gasteiger partial charge >= 0.3 is 0 Å². The van der Waals surface area contributed by atoms with Crippen LogP contribution in [0.1, 0.15) is 16.7 Å². The molecule has 0 saturated carbocycles. The van der Waals surface area contributed by atoms with Gasteiger partial charge in [-0.2, -0.15) is 0 Å². The molecule has 3 heterocycles. The van der Waals surface area contributed by atoms with Crippen LogP contribution < -0.4 is 21.1 Å². The van der Waals surface area contributed by atoms with Crippen molar-refractivity contribution in [1.82, 2.24) is 4.57 Å². The van der Waals surface area contributed by atoms with Crippen LogP contribution in [0, 0.1) is 20.8 Å². The molecule has 60 heavy (non-hydrogen) atoms. The Kier molecular flexibility index (Phi) is 7.71. The summed E-state index contributed by atoms with van der Waals surface area (Å²) in [4.78, 5) is 0. The molecule has 0 fully saturated rings. The molecule has 0 N–H and O–H groups in total. The Morgan fingerprint density at radius 1 is 0.433 bits per heavy atom. The van der Waals surface area contributed by atoms with Gasteiger partial charge in [-0.15, -0.1) is 0 Å². The minimum Gasteiger partial charge on any atom is -0.458 e. The molecular weight excluding hydrogens is 725 g/mol. The highest BCUT2D eigenvalue weighted by Crippen LogP contribution is 2.46. The van der Waals surface area contributed by atoms with Crippen molar-refractivity contribution in [2.75, 3.05) is 0 Å². The summed E-state index contributed by atoms with van der Waals surface area (Å²) in [6.45, 7) is 6.60. The lowest BCUT2D eigenvalue weighted by Crippen LogP contribution is -2.58. The van der Waals surface area contributed by atoms with E-state index in [2.05, 4.69) is 213 Å². The summed E-state index contributed by atoms with van der Waals surface area (Å²) in [5.74, 6) is 1.83. The van der Waals surface area contributed by atoms with Crippen LogP contribution in [-0.4, -0.2) is 11.3 Å². The van der Waals surface area contributed by atoms with Crippen molar-refractivity contribution in [3.8, 4) is 72.8 Å². The highest BCUT2D eigenvalue weighted by molar-refractivity contribution is 6.99. The molecule has 2 nitrogen and oxygen atoms in total. The molecule has 10 aromatic rings. The van der Waals surface area contributed by atoms with Crippen molar-refractivity contribution in [3.63, 3.8) is 0 Å². The van der Waals surface area contributed by atoms with Crippen LogP contribution in [-0.2, 0) is 0 Å². The van der Waals surface area contributed by atoms with E-state index in [-0.39, 0.29) is 6.71 Å². The van der Waals surface area contributed by atoms with Gasteiger partial charge in [-0.3, -0.25) is 0 Å². The maximum atomic E-state index is 7.56. The molecule has 2 aliphatic rings. The van der Waals surface area contributed by atoms with Crippen molar-refractivity contribution in [2.45, 2.75) is 20.8 Å². The Labute approximate surface area is 351 Å². The van der Waals surface area contributed by atoms with Gasteiger partial charge in [0, 0.05) is 27.5 Å². The van der Waals surface area contributed by atoms with Gasteiger partial charge < -0.3 is 9.30 Å². The van der Waals surface area contributed by atoms with Crippen LogP contribution >= 0.6 is 0 Å². The zero-order valence-corrected chi connectivity index (χ0v) is 33.8. The molecule has 0 aliphatic carbocycles.